The van der Waals surface area contributed by atoms with Crippen molar-refractivity contribution in [3.63, 3.8) is 0 Å². The summed E-state index contributed by atoms with van der Waals surface area (Å²) in [6.45, 7) is 18.8. The monoisotopic (exact) mass is 594 g/mol. The molecule has 0 aliphatic carbocycles. The first kappa shape index (κ1) is 33.0. The van der Waals surface area contributed by atoms with E-state index in [1.165, 1.54) is 32.9 Å². The Labute approximate surface area is 256 Å². The normalized spacial score (nSPS) is 10.7. The van der Waals surface area contributed by atoms with Crippen LogP contribution in [0.15, 0.2) is 97.1 Å². The first-order valence-corrected chi connectivity index (χ1v) is 13.6. The molecule has 0 saturated heterocycles. The summed E-state index contributed by atoms with van der Waals surface area (Å²) >= 11 is 0. The van der Waals surface area contributed by atoms with Gasteiger partial charge in [-0.1, -0.05) is 70.0 Å². The lowest BCUT2D eigenvalue weighted by molar-refractivity contribution is -0.137. The van der Waals surface area contributed by atoms with E-state index in [1.54, 1.807) is 44.2 Å². The molecule has 0 aromatic heterocycles. The molecule has 0 aliphatic rings. The Morgan fingerprint density at radius 3 is 1.34 bits per heavy atom. The van der Waals surface area contributed by atoms with Crippen LogP contribution in [-0.2, 0) is 19.2 Å². The lowest BCUT2D eigenvalue weighted by atomic mass is 10.0. The van der Waals surface area contributed by atoms with Crippen molar-refractivity contribution in [3.8, 4) is 34.1 Å². The molecule has 0 radical (unpaired) electrons. The van der Waals surface area contributed by atoms with Gasteiger partial charge in [0.2, 0.25) is 0 Å². The molecule has 0 saturated carbocycles. The maximum atomic E-state index is 12.2. The van der Waals surface area contributed by atoms with Crippen LogP contribution in [0.2, 0.25) is 0 Å². The molecular formula is C36H34O8. The maximum absolute atomic E-state index is 12.2. The van der Waals surface area contributed by atoms with Crippen LogP contribution in [0.1, 0.15) is 45.7 Å². The summed E-state index contributed by atoms with van der Waals surface area (Å²) in [5, 5.41) is 0. The van der Waals surface area contributed by atoms with Crippen molar-refractivity contribution in [2.75, 3.05) is 0 Å². The second kappa shape index (κ2) is 14.6. The number of benzene rings is 3. The van der Waals surface area contributed by atoms with E-state index >= 15 is 0 Å². The third-order valence-electron chi connectivity index (χ3n) is 5.86. The predicted octanol–water partition coefficient (Wildman–Crippen LogP) is 7.53. The minimum absolute atomic E-state index is 0.185. The minimum atomic E-state index is -0.611. The molecule has 44 heavy (non-hydrogen) atoms. The molecule has 0 unspecified atom stereocenters. The van der Waals surface area contributed by atoms with Gasteiger partial charge in [-0.05, 0) is 67.3 Å². The van der Waals surface area contributed by atoms with Gasteiger partial charge in [0.25, 0.3) is 0 Å². The first-order valence-electron chi connectivity index (χ1n) is 13.6. The van der Waals surface area contributed by atoms with Gasteiger partial charge in [-0.25, -0.2) is 14.4 Å². The SMILES string of the molecule is C=C(C)C(=O)Oc1cc(/C=C/c2ccc(-c3cc(OC(=O)C(=C)C)cc(OC(=O)C(=C)C)c3)cc2)cc(OC(=O)C(C)C)c1. The number of carbonyl (C=O) groups excluding carboxylic acids is 4. The van der Waals surface area contributed by atoms with Gasteiger partial charge in [-0.3, -0.25) is 4.79 Å². The quantitative estimate of drug-likeness (QED) is 0.0971. The van der Waals surface area contributed by atoms with Crippen molar-refractivity contribution in [2.24, 2.45) is 5.92 Å². The smallest absolute Gasteiger partial charge is 0.338 e. The Balaban J connectivity index is 1.91. The first-order chi connectivity index (χ1) is 20.7. The minimum Gasteiger partial charge on any atom is -0.426 e. The highest BCUT2D eigenvalue weighted by Gasteiger charge is 2.15. The van der Waals surface area contributed by atoms with Crippen molar-refractivity contribution in [3.05, 3.63) is 108 Å². The number of hydrogen-bond donors (Lipinski definition) is 0. The van der Waals surface area contributed by atoms with Gasteiger partial charge >= 0.3 is 23.9 Å². The van der Waals surface area contributed by atoms with Gasteiger partial charge in [-0.2, -0.15) is 0 Å². The molecular weight excluding hydrogens is 560 g/mol. The van der Waals surface area contributed by atoms with E-state index < -0.39 is 23.9 Å². The van der Waals surface area contributed by atoms with Crippen molar-refractivity contribution >= 4 is 36.0 Å². The molecule has 0 amide bonds. The Kier molecular flexibility index (Phi) is 11.0. The highest BCUT2D eigenvalue weighted by Crippen LogP contribution is 2.32. The van der Waals surface area contributed by atoms with E-state index in [-0.39, 0.29) is 45.6 Å². The fraction of sp³-hybridized carbons (Fsp3) is 0.167. The second-order valence-electron chi connectivity index (χ2n) is 10.5. The topological polar surface area (TPSA) is 105 Å². The zero-order chi connectivity index (χ0) is 32.6. The van der Waals surface area contributed by atoms with Gasteiger partial charge in [-0.15, -0.1) is 0 Å². The molecule has 3 rings (SSSR count). The summed E-state index contributed by atoms with van der Waals surface area (Å²) in [4.78, 5) is 48.6. The fourth-order valence-electron chi connectivity index (χ4n) is 3.46. The summed E-state index contributed by atoms with van der Waals surface area (Å²) in [6, 6.07) is 17.0. The lowest BCUT2D eigenvalue weighted by Crippen LogP contribution is -2.15. The number of esters is 4. The Morgan fingerprint density at radius 2 is 0.932 bits per heavy atom. The zero-order valence-electron chi connectivity index (χ0n) is 25.4. The Morgan fingerprint density at radius 1 is 0.545 bits per heavy atom. The van der Waals surface area contributed by atoms with Crippen molar-refractivity contribution in [1.82, 2.24) is 0 Å². The highest BCUT2D eigenvalue weighted by molar-refractivity contribution is 5.91. The van der Waals surface area contributed by atoms with E-state index in [1.807, 2.05) is 30.3 Å². The van der Waals surface area contributed by atoms with Gasteiger partial charge in [0.1, 0.15) is 23.0 Å². The molecule has 0 heterocycles. The average molecular weight is 595 g/mol. The van der Waals surface area contributed by atoms with Crippen molar-refractivity contribution < 1.29 is 38.1 Å². The standard InChI is InChI=1S/C36H34O8/c1-21(2)33(37)41-29-15-26(16-30(19-29)42-34(38)22(3)4)10-9-25-11-13-27(14-12-25)28-17-31(43-35(39)23(5)6)20-32(18-28)44-36(40)24(7)8/h9-20,22H,1,5,7H2,2-4,6,8H3/b10-9+. The summed E-state index contributed by atoms with van der Waals surface area (Å²) in [6.07, 6.45) is 3.62. The van der Waals surface area contributed by atoms with E-state index in [2.05, 4.69) is 19.7 Å². The maximum Gasteiger partial charge on any atom is 0.338 e. The molecule has 8 nitrogen and oxygen atoms in total. The van der Waals surface area contributed by atoms with Crippen LogP contribution in [0.3, 0.4) is 0 Å². The van der Waals surface area contributed by atoms with E-state index in [0.29, 0.717) is 11.1 Å². The molecule has 3 aromatic carbocycles. The molecule has 0 atom stereocenters. The van der Waals surface area contributed by atoms with Crippen molar-refractivity contribution in [1.29, 1.82) is 0 Å². The molecule has 0 aliphatic heterocycles. The highest BCUT2D eigenvalue weighted by atomic mass is 16.6. The number of rotatable bonds is 11. The fourth-order valence-corrected chi connectivity index (χ4v) is 3.46. The van der Waals surface area contributed by atoms with Crippen LogP contribution in [0.25, 0.3) is 23.3 Å². The van der Waals surface area contributed by atoms with Crippen LogP contribution in [0.4, 0.5) is 0 Å². The zero-order valence-corrected chi connectivity index (χ0v) is 25.4. The van der Waals surface area contributed by atoms with Crippen LogP contribution >= 0.6 is 0 Å². The molecule has 8 heteroatoms. The summed E-state index contributed by atoms with van der Waals surface area (Å²) in [7, 11) is 0. The van der Waals surface area contributed by atoms with Crippen molar-refractivity contribution in [2.45, 2.75) is 34.6 Å². The Hall–Kier alpha value is -5.50. The third kappa shape index (κ3) is 9.52. The molecule has 0 spiro atoms. The Bertz CT molecular complexity index is 1630. The summed E-state index contributed by atoms with van der Waals surface area (Å²) in [5.41, 5.74) is 3.53. The van der Waals surface area contributed by atoms with Crippen LogP contribution < -0.4 is 18.9 Å². The van der Waals surface area contributed by atoms with Crippen LogP contribution in [0, 0.1) is 5.92 Å². The second-order valence-corrected chi connectivity index (χ2v) is 10.5. The van der Waals surface area contributed by atoms with Gasteiger partial charge < -0.3 is 18.9 Å². The summed E-state index contributed by atoms with van der Waals surface area (Å²) in [5.74, 6) is -1.77. The molecule has 0 N–H and O–H groups in total. The van der Waals surface area contributed by atoms with Crippen LogP contribution in [-0.4, -0.2) is 23.9 Å². The predicted molar refractivity (Wildman–Crippen MR) is 169 cm³/mol. The number of ether oxygens (including phenoxy) is 4. The third-order valence-corrected chi connectivity index (χ3v) is 5.86. The lowest BCUT2D eigenvalue weighted by Gasteiger charge is -2.11. The number of carbonyl (C=O) groups is 4. The van der Waals surface area contributed by atoms with E-state index in [0.717, 1.165) is 11.1 Å². The van der Waals surface area contributed by atoms with Gasteiger partial charge in [0, 0.05) is 28.9 Å². The van der Waals surface area contributed by atoms with E-state index in [9.17, 15) is 19.2 Å². The van der Waals surface area contributed by atoms with Gasteiger partial charge in [0.05, 0.1) is 5.92 Å². The number of hydrogen-bond acceptors (Lipinski definition) is 8. The average Bonchev–Trinajstić information content (AvgIpc) is 2.95. The largest absolute Gasteiger partial charge is 0.426 e. The van der Waals surface area contributed by atoms with Gasteiger partial charge in [0.15, 0.2) is 0 Å². The van der Waals surface area contributed by atoms with Crippen LogP contribution in [0.5, 0.6) is 23.0 Å². The molecule has 3 aromatic rings. The van der Waals surface area contributed by atoms with E-state index in [4.69, 9.17) is 18.9 Å². The molecule has 0 bridgehead atoms. The summed E-state index contributed by atoms with van der Waals surface area (Å²) < 4.78 is 21.6. The molecule has 226 valence electrons. The molecule has 0 fully saturated rings.